The van der Waals surface area contributed by atoms with E-state index in [0.29, 0.717) is 29.0 Å². The maximum absolute atomic E-state index is 14.1. The van der Waals surface area contributed by atoms with E-state index in [1.54, 1.807) is 0 Å². The molecule has 0 spiro atoms. The zero-order chi connectivity index (χ0) is 17.6. The van der Waals surface area contributed by atoms with E-state index in [4.69, 9.17) is 0 Å². The van der Waals surface area contributed by atoms with Gasteiger partial charge < -0.3 is 9.88 Å². The predicted octanol–water partition coefficient (Wildman–Crippen LogP) is 4.28. The topological polar surface area (TPSA) is 44.8 Å². The number of halogens is 4. The number of hydrogen-bond acceptors (Lipinski definition) is 3. The molecule has 0 radical (unpaired) electrons. The molecule has 4 rings (SSSR count). The lowest BCUT2D eigenvalue weighted by molar-refractivity contribution is -0.137. The Bertz CT molecular complexity index is 897. The van der Waals surface area contributed by atoms with Crippen molar-refractivity contribution in [2.45, 2.75) is 31.6 Å². The highest BCUT2D eigenvalue weighted by atomic mass is 19.4. The molecular formula is C17H14F4N4. The molecule has 8 heteroatoms. The van der Waals surface area contributed by atoms with Crippen molar-refractivity contribution in [1.82, 2.24) is 15.0 Å². The van der Waals surface area contributed by atoms with E-state index in [-0.39, 0.29) is 6.04 Å². The van der Waals surface area contributed by atoms with Gasteiger partial charge in [-0.05, 0) is 30.5 Å². The van der Waals surface area contributed by atoms with E-state index < -0.39 is 17.6 Å². The van der Waals surface area contributed by atoms with Crippen LogP contribution in [0.4, 0.5) is 23.4 Å². The minimum atomic E-state index is -4.36. The molecule has 0 bridgehead atoms. The van der Waals surface area contributed by atoms with Gasteiger partial charge in [0.15, 0.2) is 5.82 Å². The maximum atomic E-state index is 14.1. The number of nitrogens with zero attached hydrogens (tertiary/aromatic N) is 3. The molecule has 3 aromatic rings. The second-order valence-electron chi connectivity index (χ2n) is 6.11. The summed E-state index contributed by atoms with van der Waals surface area (Å²) in [5.74, 6) is 0.0230. The van der Waals surface area contributed by atoms with E-state index in [1.807, 2.05) is 4.90 Å². The van der Waals surface area contributed by atoms with Gasteiger partial charge in [0.25, 0.3) is 0 Å². The SMILES string of the molecule is Fc1c[nH]c2ncnc(N(Cc3ccc(C(F)(F)F)cc3)C3CC3)c12. The molecule has 0 saturated heterocycles. The normalized spacial score (nSPS) is 14.9. The molecule has 0 atom stereocenters. The van der Waals surface area contributed by atoms with Crippen molar-refractivity contribution in [3.05, 3.63) is 53.7 Å². The zero-order valence-corrected chi connectivity index (χ0v) is 13.0. The summed E-state index contributed by atoms with van der Waals surface area (Å²) in [6.07, 6.45) is 0.111. The zero-order valence-electron chi connectivity index (χ0n) is 13.0. The van der Waals surface area contributed by atoms with Gasteiger partial charge in [-0.3, -0.25) is 0 Å². The van der Waals surface area contributed by atoms with Crippen LogP contribution in [0.5, 0.6) is 0 Å². The Hall–Kier alpha value is -2.64. The third kappa shape index (κ3) is 3.04. The highest BCUT2D eigenvalue weighted by Crippen LogP contribution is 2.36. The third-order valence-corrected chi connectivity index (χ3v) is 4.30. The molecule has 0 aliphatic heterocycles. The molecule has 1 saturated carbocycles. The Balaban J connectivity index is 1.67. The Morgan fingerprint density at radius 3 is 2.48 bits per heavy atom. The lowest BCUT2D eigenvalue weighted by Crippen LogP contribution is -2.26. The highest BCUT2D eigenvalue weighted by molar-refractivity contribution is 5.88. The molecule has 1 fully saturated rings. The Morgan fingerprint density at radius 1 is 1.12 bits per heavy atom. The summed E-state index contributed by atoms with van der Waals surface area (Å²) in [4.78, 5) is 12.9. The fourth-order valence-corrected chi connectivity index (χ4v) is 2.89. The second-order valence-corrected chi connectivity index (χ2v) is 6.11. The second kappa shape index (κ2) is 5.72. The average molecular weight is 350 g/mol. The molecule has 0 unspecified atom stereocenters. The van der Waals surface area contributed by atoms with Crippen molar-refractivity contribution in [3.63, 3.8) is 0 Å². The first-order valence-corrected chi connectivity index (χ1v) is 7.84. The van der Waals surface area contributed by atoms with Crippen LogP contribution in [0.2, 0.25) is 0 Å². The van der Waals surface area contributed by atoms with Gasteiger partial charge >= 0.3 is 6.18 Å². The van der Waals surface area contributed by atoms with Crippen molar-refractivity contribution < 1.29 is 17.6 Å². The van der Waals surface area contributed by atoms with Crippen LogP contribution in [0.15, 0.2) is 36.8 Å². The van der Waals surface area contributed by atoms with Crippen molar-refractivity contribution in [2.24, 2.45) is 0 Å². The number of aromatic nitrogens is 3. The number of anilines is 1. The molecule has 1 N–H and O–H groups in total. The average Bonchev–Trinajstić information content (AvgIpc) is 3.35. The monoisotopic (exact) mass is 350 g/mol. The van der Waals surface area contributed by atoms with E-state index >= 15 is 0 Å². The van der Waals surface area contributed by atoms with Crippen LogP contribution in [0, 0.1) is 5.82 Å². The molecule has 25 heavy (non-hydrogen) atoms. The van der Waals surface area contributed by atoms with Crippen LogP contribution in [0.3, 0.4) is 0 Å². The standard InChI is InChI=1S/C17H14F4N4/c18-13-7-22-15-14(13)16(24-9-23-15)25(12-5-6-12)8-10-1-3-11(4-2-10)17(19,20)21/h1-4,7,9,12H,5-6,8H2,(H,22,23,24). The van der Waals surface area contributed by atoms with Crippen LogP contribution in [-0.4, -0.2) is 21.0 Å². The third-order valence-electron chi connectivity index (χ3n) is 4.30. The van der Waals surface area contributed by atoms with Crippen molar-refractivity contribution in [2.75, 3.05) is 4.90 Å². The first-order chi connectivity index (χ1) is 11.9. The van der Waals surface area contributed by atoms with Gasteiger partial charge in [-0.2, -0.15) is 13.2 Å². The quantitative estimate of drug-likeness (QED) is 0.714. The number of alkyl halides is 3. The van der Waals surface area contributed by atoms with Crippen molar-refractivity contribution >= 4 is 16.9 Å². The summed E-state index contributed by atoms with van der Waals surface area (Å²) >= 11 is 0. The van der Waals surface area contributed by atoms with Gasteiger partial charge in [0.2, 0.25) is 0 Å². The lowest BCUT2D eigenvalue weighted by Gasteiger charge is -2.24. The molecule has 1 aromatic carbocycles. The summed E-state index contributed by atoms with van der Waals surface area (Å²) in [5, 5.41) is 0.307. The van der Waals surface area contributed by atoms with E-state index in [0.717, 1.165) is 25.0 Å². The smallest absolute Gasteiger partial charge is 0.349 e. The number of benzene rings is 1. The fraction of sp³-hybridized carbons (Fsp3) is 0.294. The van der Waals surface area contributed by atoms with Crippen LogP contribution in [-0.2, 0) is 12.7 Å². The highest BCUT2D eigenvalue weighted by Gasteiger charge is 2.33. The first kappa shape index (κ1) is 15.9. The largest absolute Gasteiger partial charge is 0.416 e. The van der Waals surface area contributed by atoms with Crippen LogP contribution >= 0.6 is 0 Å². The number of H-pyrrole nitrogens is 1. The summed E-state index contributed by atoms with van der Waals surface area (Å²) in [6, 6.07) is 5.23. The van der Waals surface area contributed by atoms with Gasteiger partial charge in [-0.15, -0.1) is 0 Å². The van der Waals surface area contributed by atoms with Gasteiger partial charge in [0.1, 0.15) is 17.8 Å². The summed E-state index contributed by atoms with van der Waals surface area (Å²) < 4.78 is 52.2. The summed E-state index contributed by atoms with van der Waals surface area (Å²) in [5.41, 5.74) is 0.429. The van der Waals surface area contributed by atoms with Gasteiger partial charge in [0.05, 0.1) is 10.9 Å². The molecule has 1 aliphatic carbocycles. The minimum absolute atomic E-state index is 0.203. The Labute approximate surface area is 140 Å². The van der Waals surface area contributed by atoms with Gasteiger partial charge in [0, 0.05) is 18.8 Å². The van der Waals surface area contributed by atoms with E-state index in [1.165, 1.54) is 24.7 Å². The minimum Gasteiger partial charge on any atom is -0.349 e. The molecule has 4 nitrogen and oxygen atoms in total. The van der Waals surface area contributed by atoms with Crippen LogP contribution in [0.1, 0.15) is 24.0 Å². The maximum Gasteiger partial charge on any atom is 0.416 e. The molecule has 0 amide bonds. The fourth-order valence-electron chi connectivity index (χ4n) is 2.89. The summed E-state index contributed by atoms with van der Waals surface area (Å²) in [6.45, 7) is 0.361. The number of fused-ring (bicyclic) bond motifs is 1. The summed E-state index contributed by atoms with van der Waals surface area (Å²) in [7, 11) is 0. The number of aromatic amines is 1. The van der Waals surface area contributed by atoms with Crippen LogP contribution in [0.25, 0.3) is 11.0 Å². The molecule has 130 valence electrons. The number of nitrogens with one attached hydrogen (secondary N) is 1. The molecule has 2 aromatic heterocycles. The van der Waals surface area contributed by atoms with Gasteiger partial charge in [-0.25, -0.2) is 14.4 Å². The van der Waals surface area contributed by atoms with Crippen molar-refractivity contribution in [1.29, 1.82) is 0 Å². The molecule has 1 aliphatic rings. The molecular weight excluding hydrogens is 336 g/mol. The van der Waals surface area contributed by atoms with Crippen molar-refractivity contribution in [3.8, 4) is 0 Å². The number of rotatable bonds is 4. The first-order valence-electron chi connectivity index (χ1n) is 7.84. The van der Waals surface area contributed by atoms with Crippen LogP contribution < -0.4 is 4.90 Å². The molecule has 2 heterocycles. The van der Waals surface area contributed by atoms with Gasteiger partial charge in [-0.1, -0.05) is 12.1 Å². The lowest BCUT2D eigenvalue weighted by atomic mass is 10.1. The predicted molar refractivity (Wildman–Crippen MR) is 84.5 cm³/mol. The Kier molecular flexibility index (Phi) is 3.63. The van der Waals surface area contributed by atoms with E-state index in [9.17, 15) is 17.6 Å². The Morgan fingerprint density at radius 2 is 1.84 bits per heavy atom. The van der Waals surface area contributed by atoms with E-state index in [2.05, 4.69) is 15.0 Å². The number of hydrogen-bond donors (Lipinski definition) is 1.